The van der Waals surface area contributed by atoms with E-state index in [0.717, 1.165) is 11.8 Å². The van der Waals surface area contributed by atoms with Crippen molar-refractivity contribution in [2.45, 2.75) is 73.6 Å². The van der Waals surface area contributed by atoms with Gasteiger partial charge in [-0.05, 0) is 60.2 Å². The van der Waals surface area contributed by atoms with Crippen LogP contribution < -0.4 is 0 Å². The molecule has 2 fully saturated rings. The minimum absolute atomic E-state index is 0.518. The topological polar surface area (TPSA) is 0 Å². The highest BCUT2D eigenvalue weighted by atomic mass is 14.6. The third-order valence-corrected chi connectivity index (χ3v) is 5.85. The van der Waals surface area contributed by atoms with E-state index < -0.39 is 0 Å². The zero-order valence-electron chi connectivity index (χ0n) is 12.2. The molecule has 0 saturated heterocycles. The van der Waals surface area contributed by atoms with Gasteiger partial charge in [-0.2, -0.15) is 0 Å². The zero-order chi connectivity index (χ0) is 12.2. The lowest BCUT2D eigenvalue weighted by atomic mass is 9.56. The normalized spacial score (nSPS) is 40.1. The predicted molar refractivity (Wildman–Crippen MR) is 71.4 cm³/mol. The molecule has 2 rings (SSSR count). The fourth-order valence-corrected chi connectivity index (χ4v) is 4.60. The van der Waals surface area contributed by atoms with Crippen LogP contribution >= 0.6 is 0 Å². The maximum atomic E-state index is 2.47. The summed E-state index contributed by atoms with van der Waals surface area (Å²) in [6.45, 7) is 14.7. The van der Waals surface area contributed by atoms with Gasteiger partial charge in [0.2, 0.25) is 0 Å². The summed E-state index contributed by atoms with van der Waals surface area (Å²) in [5.41, 5.74) is 1.73. The third kappa shape index (κ3) is 1.83. The van der Waals surface area contributed by atoms with Crippen LogP contribution in [0.3, 0.4) is 0 Å². The minimum atomic E-state index is 0.518. The Hall–Kier alpha value is 0. The van der Waals surface area contributed by atoms with Crippen LogP contribution in [0, 0.1) is 28.1 Å². The fraction of sp³-hybridized carbons (Fsp3) is 1.00. The quantitative estimate of drug-likeness (QED) is 0.523. The second-order valence-corrected chi connectivity index (χ2v) is 8.54. The molecule has 2 aliphatic rings. The number of rotatable bonds is 0. The van der Waals surface area contributed by atoms with E-state index in [4.69, 9.17) is 0 Å². The monoisotopic (exact) mass is 222 g/mol. The lowest BCUT2D eigenvalue weighted by molar-refractivity contribution is 0.00987. The van der Waals surface area contributed by atoms with Gasteiger partial charge in [-0.1, -0.05) is 41.5 Å². The molecule has 0 heterocycles. The molecular weight excluding hydrogens is 192 g/mol. The van der Waals surface area contributed by atoms with Gasteiger partial charge in [-0.3, -0.25) is 0 Å². The molecule has 0 aromatic rings. The van der Waals surface area contributed by atoms with Crippen LogP contribution in [0.15, 0.2) is 0 Å². The van der Waals surface area contributed by atoms with Gasteiger partial charge in [0.1, 0.15) is 0 Å². The van der Waals surface area contributed by atoms with Crippen molar-refractivity contribution in [3.05, 3.63) is 0 Å². The van der Waals surface area contributed by atoms with Crippen molar-refractivity contribution >= 4 is 0 Å². The molecule has 0 aromatic heterocycles. The Morgan fingerprint density at radius 3 is 1.94 bits per heavy atom. The van der Waals surface area contributed by atoms with E-state index in [1.807, 2.05) is 0 Å². The summed E-state index contributed by atoms with van der Waals surface area (Å²) in [5.74, 6) is 2.00. The molecule has 2 saturated carbocycles. The predicted octanol–water partition coefficient (Wildman–Crippen LogP) is 5.28. The summed E-state index contributed by atoms with van der Waals surface area (Å²) in [4.78, 5) is 0. The molecule has 16 heavy (non-hydrogen) atoms. The lowest BCUT2D eigenvalue weighted by Gasteiger charge is -2.49. The Bertz CT molecular complexity index is 263. The summed E-state index contributed by atoms with van der Waals surface area (Å²) < 4.78 is 0. The van der Waals surface area contributed by atoms with Crippen molar-refractivity contribution in [1.82, 2.24) is 0 Å². The van der Waals surface area contributed by atoms with E-state index in [0.29, 0.717) is 16.2 Å². The third-order valence-electron chi connectivity index (χ3n) is 5.85. The molecule has 0 radical (unpaired) electrons. The number of hydrogen-bond donors (Lipinski definition) is 0. The smallest absolute Gasteiger partial charge is 0.0246 e. The SMILES string of the molecule is CC(C)(C)C1CCC2(C(C)(C)C)CCC1C2. The van der Waals surface area contributed by atoms with Crippen LogP contribution in [-0.2, 0) is 0 Å². The Morgan fingerprint density at radius 2 is 1.44 bits per heavy atom. The van der Waals surface area contributed by atoms with Gasteiger partial charge in [0, 0.05) is 0 Å². The van der Waals surface area contributed by atoms with Crippen molar-refractivity contribution in [2.24, 2.45) is 28.1 Å². The second-order valence-electron chi connectivity index (χ2n) is 8.54. The summed E-state index contributed by atoms with van der Waals surface area (Å²) in [6, 6.07) is 0. The Morgan fingerprint density at radius 1 is 0.875 bits per heavy atom. The van der Waals surface area contributed by atoms with Gasteiger partial charge in [-0.15, -0.1) is 0 Å². The molecular formula is C16H30. The first kappa shape index (κ1) is 12.5. The summed E-state index contributed by atoms with van der Waals surface area (Å²) in [7, 11) is 0. The maximum absolute atomic E-state index is 2.47. The van der Waals surface area contributed by atoms with Crippen LogP contribution in [0.25, 0.3) is 0 Å². The highest BCUT2D eigenvalue weighted by Gasteiger charge is 2.53. The van der Waals surface area contributed by atoms with E-state index in [1.165, 1.54) is 32.1 Å². The Balaban J connectivity index is 2.17. The lowest BCUT2D eigenvalue weighted by Crippen LogP contribution is -2.40. The molecule has 0 aliphatic heterocycles. The molecule has 0 nitrogen and oxygen atoms in total. The fourth-order valence-electron chi connectivity index (χ4n) is 4.60. The largest absolute Gasteiger partial charge is 0.0599 e. The van der Waals surface area contributed by atoms with Crippen molar-refractivity contribution in [3.8, 4) is 0 Å². The summed E-state index contributed by atoms with van der Waals surface area (Å²) >= 11 is 0. The number of hydrogen-bond acceptors (Lipinski definition) is 0. The van der Waals surface area contributed by atoms with Crippen LogP contribution in [-0.4, -0.2) is 0 Å². The standard InChI is InChI=1S/C16H30/c1-14(2,3)13-8-10-16(15(4,5)6)9-7-12(13)11-16/h12-13H,7-11H2,1-6H3. The highest BCUT2D eigenvalue weighted by Crippen LogP contribution is 2.63. The van der Waals surface area contributed by atoms with Crippen molar-refractivity contribution in [1.29, 1.82) is 0 Å². The van der Waals surface area contributed by atoms with Gasteiger partial charge in [0.05, 0.1) is 0 Å². The molecule has 94 valence electrons. The molecule has 2 aliphatic carbocycles. The van der Waals surface area contributed by atoms with Crippen LogP contribution in [0.2, 0.25) is 0 Å². The van der Waals surface area contributed by atoms with Crippen molar-refractivity contribution in [2.75, 3.05) is 0 Å². The van der Waals surface area contributed by atoms with Gasteiger partial charge in [0.15, 0.2) is 0 Å². The summed E-state index contributed by atoms with van der Waals surface area (Å²) in [5, 5.41) is 0. The molecule has 0 N–H and O–H groups in total. The molecule has 3 atom stereocenters. The van der Waals surface area contributed by atoms with Crippen LogP contribution in [0.1, 0.15) is 73.6 Å². The number of fused-ring (bicyclic) bond motifs is 2. The van der Waals surface area contributed by atoms with Crippen molar-refractivity contribution < 1.29 is 0 Å². The van der Waals surface area contributed by atoms with Gasteiger partial charge in [0.25, 0.3) is 0 Å². The maximum Gasteiger partial charge on any atom is -0.0246 e. The average molecular weight is 222 g/mol. The van der Waals surface area contributed by atoms with Crippen molar-refractivity contribution in [3.63, 3.8) is 0 Å². The Labute approximate surface area is 102 Å². The van der Waals surface area contributed by atoms with Crippen LogP contribution in [0.4, 0.5) is 0 Å². The van der Waals surface area contributed by atoms with E-state index in [1.54, 1.807) is 0 Å². The summed E-state index contributed by atoms with van der Waals surface area (Å²) in [6.07, 6.45) is 7.46. The van der Waals surface area contributed by atoms with Crippen LogP contribution in [0.5, 0.6) is 0 Å². The van der Waals surface area contributed by atoms with E-state index in [9.17, 15) is 0 Å². The first-order valence-electron chi connectivity index (χ1n) is 7.16. The first-order valence-corrected chi connectivity index (χ1v) is 7.16. The minimum Gasteiger partial charge on any atom is -0.0599 e. The molecule has 0 heteroatoms. The van der Waals surface area contributed by atoms with E-state index in [-0.39, 0.29) is 0 Å². The first-order chi connectivity index (χ1) is 7.16. The highest BCUT2D eigenvalue weighted by molar-refractivity contribution is 5.03. The van der Waals surface area contributed by atoms with Gasteiger partial charge in [-0.25, -0.2) is 0 Å². The molecule has 0 aromatic carbocycles. The van der Waals surface area contributed by atoms with Gasteiger partial charge < -0.3 is 0 Å². The molecule has 3 unspecified atom stereocenters. The molecule has 0 amide bonds. The van der Waals surface area contributed by atoms with E-state index >= 15 is 0 Å². The Kier molecular flexibility index (Phi) is 2.72. The zero-order valence-corrected chi connectivity index (χ0v) is 12.2. The second kappa shape index (κ2) is 3.50. The van der Waals surface area contributed by atoms with E-state index in [2.05, 4.69) is 41.5 Å². The van der Waals surface area contributed by atoms with Gasteiger partial charge >= 0.3 is 0 Å². The molecule has 2 bridgehead atoms. The molecule has 0 spiro atoms. The average Bonchev–Trinajstić information content (AvgIpc) is 2.41.